The molecule has 7 heteroatoms. The highest BCUT2D eigenvalue weighted by atomic mass is 16.5. The second-order valence-corrected chi connectivity index (χ2v) is 14.9. The molecule has 2 N–H and O–H groups in total. The molecule has 1 saturated carbocycles. The second kappa shape index (κ2) is 15.3. The lowest BCUT2D eigenvalue weighted by molar-refractivity contribution is 0.0917. The molecule has 0 bridgehead atoms. The molecule has 0 radical (unpaired) electrons. The molecule has 1 aliphatic heterocycles. The summed E-state index contributed by atoms with van der Waals surface area (Å²) in [6.45, 7) is 4.65. The second-order valence-electron chi connectivity index (χ2n) is 14.9. The first-order chi connectivity index (χ1) is 25.5. The molecule has 52 heavy (non-hydrogen) atoms. The van der Waals surface area contributed by atoms with Crippen molar-refractivity contribution in [3.8, 4) is 22.4 Å². The third-order valence-electron chi connectivity index (χ3n) is 11.6. The number of hydrogen-bond acceptors (Lipinski definition) is 5. The van der Waals surface area contributed by atoms with Crippen LogP contribution in [0, 0.1) is 5.92 Å². The van der Waals surface area contributed by atoms with Gasteiger partial charge in [0.2, 0.25) is 0 Å². The van der Waals surface area contributed by atoms with Crippen LogP contribution in [0.15, 0.2) is 103 Å². The standard InChI is InChI=1S/C45H48N4O3/c1-30(31-14-4-2-5-15-31)46-44(50)42-38-22-12-13-23-41(38)48-43(32-16-6-3-7-17-32)39(42)28-49-26-24-33(25-27-49)47-45(51)52-29-40-36-20-10-8-18-34(36)35-19-9-11-21-37(35)40/h3,6-13,16-23,30-31,33,40H,2,4-5,14-15,24-29H2,1H3,(H,46,50)(H,47,51)/t30-/m0/s1. The number of likely N-dealkylation sites (tertiary alicyclic amines) is 1. The van der Waals surface area contributed by atoms with E-state index in [0.717, 1.165) is 59.2 Å². The van der Waals surface area contributed by atoms with Gasteiger partial charge in [0.05, 0.1) is 16.8 Å². The minimum Gasteiger partial charge on any atom is -0.449 e. The monoisotopic (exact) mass is 692 g/mol. The SMILES string of the molecule is C[C@H](NC(=O)c1c(CN2CCC(NC(=O)OCC3c4ccccc4-c4ccccc43)CC2)c(-c2ccccc2)nc2ccccc12)C1CCCCC1. The van der Waals surface area contributed by atoms with Gasteiger partial charge in [-0.3, -0.25) is 9.69 Å². The number of piperidine rings is 1. The van der Waals surface area contributed by atoms with Gasteiger partial charge in [-0.15, -0.1) is 0 Å². The highest BCUT2D eigenvalue weighted by molar-refractivity contribution is 6.09. The molecular formula is C45H48N4O3. The van der Waals surface area contributed by atoms with E-state index in [9.17, 15) is 9.59 Å². The maximum atomic E-state index is 14.4. The number of alkyl carbamates (subject to hydrolysis) is 1. The van der Waals surface area contributed by atoms with Crippen molar-refractivity contribution in [3.05, 3.63) is 125 Å². The highest BCUT2D eigenvalue weighted by Gasteiger charge is 2.31. The summed E-state index contributed by atoms with van der Waals surface area (Å²) in [5, 5.41) is 7.48. The van der Waals surface area contributed by atoms with Crippen molar-refractivity contribution in [2.24, 2.45) is 5.92 Å². The van der Waals surface area contributed by atoms with Crippen LogP contribution in [0.4, 0.5) is 4.79 Å². The van der Waals surface area contributed by atoms with Crippen molar-refractivity contribution in [1.82, 2.24) is 20.5 Å². The third-order valence-corrected chi connectivity index (χ3v) is 11.6. The fourth-order valence-corrected chi connectivity index (χ4v) is 8.80. The van der Waals surface area contributed by atoms with Crippen LogP contribution in [0.5, 0.6) is 0 Å². The van der Waals surface area contributed by atoms with E-state index in [0.29, 0.717) is 19.1 Å². The van der Waals surface area contributed by atoms with E-state index < -0.39 is 0 Å². The summed E-state index contributed by atoms with van der Waals surface area (Å²) in [6.07, 6.45) is 7.32. The van der Waals surface area contributed by atoms with Crippen molar-refractivity contribution < 1.29 is 14.3 Å². The Bertz CT molecular complexity index is 2000. The van der Waals surface area contributed by atoms with E-state index >= 15 is 0 Å². The molecule has 5 aromatic rings. The van der Waals surface area contributed by atoms with Crippen molar-refractivity contribution >= 4 is 22.9 Å². The van der Waals surface area contributed by atoms with Crippen LogP contribution < -0.4 is 10.6 Å². The number of nitrogens with zero attached hydrogens (tertiary/aromatic N) is 2. The first-order valence-electron chi connectivity index (χ1n) is 19.1. The van der Waals surface area contributed by atoms with E-state index in [-0.39, 0.29) is 30.0 Å². The van der Waals surface area contributed by atoms with Crippen LogP contribution in [-0.4, -0.2) is 53.7 Å². The van der Waals surface area contributed by atoms with Crippen molar-refractivity contribution in [2.45, 2.75) is 76.4 Å². The Morgan fingerprint density at radius 2 is 1.42 bits per heavy atom. The molecule has 266 valence electrons. The smallest absolute Gasteiger partial charge is 0.407 e. The number of aromatic nitrogens is 1. The minimum absolute atomic E-state index is 0.0179. The van der Waals surface area contributed by atoms with Crippen LogP contribution in [0.3, 0.4) is 0 Å². The molecule has 3 aliphatic rings. The van der Waals surface area contributed by atoms with E-state index in [2.05, 4.69) is 83.1 Å². The van der Waals surface area contributed by atoms with Gasteiger partial charge in [-0.05, 0) is 66.8 Å². The fourth-order valence-electron chi connectivity index (χ4n) is 8.80. The number of amides is 2. The number of nitrogens with one attached hydrogen (secondary N) is 2. The summed E-state index contributed by atoms with van der Waals surface area (Å²) < 4.78 is 5.87. The number of pyridine rings is 1. The Morgan fingerprint density at radius 3 is 2.13 bits per heavy atom. The van der Waals surface area contributed by atoms with Gasteiger partial charge in [-0.2, -0.15) is 0 Å². The summed E-state index contributed by atoms with van der Waals surface area (Å²) >= 11 is 0. The summed E-state index contributed by atoms with van der Waals surface area (Å²) in [5.41, 5.74) is 9.22. The molecule has 2 heterocycles. The van der Waals surface area contributed by atoms with Crippen LogP contribution in [0.1, 0.15) is 84.8 Å². The number of carbonyl (C=O) groups excluding carboxylic acids is 2. The lowest BCUT2D eigenvalue weighted by Gasteiger charge is -2.33. The Labute approximate surface area is 306 Å². The van der Waals surface area contributed by atoms with Crippen LogP contribution in [-0.2, 0) is 11.3 Å². The van der Waals surface area contributed by atoms with Gasteiger partial charge in [-0.25, -0.2) is 9.78 Å². The van der Waals surface area contributed by atoms with Crippen molar-refractivity contribution in [2.75, 3.05) is 19.7 Å². The molecule has 0 spiro atoms. The van der Waals surface area contributed by atoms with Crippen molar-refractivity contribution in [3.63, 3.8) is 0 Å². The average molecular weight is 693 g/mol. The molecule has 1 saturated heterocycles. The van der Waals surface area contributed by atoms with Gasteiger partial charge in [0.25, 0.3) is 5.91 Å². The number of rotatable bonds is 9. The van der Waals surface area contributed by atoms with Gasteiger partial charge >= 0.3 is 6.09 Å². The number of para-hydroxylation sites is 1. The first kappa shape index (κ1) is 34.1. The molecule has 0 unspecified atom stereocenters. The Morgan fingerprint density at radius 1 is 0.788 bits per heavy atom. The largest absolute Gasteiger partial charge is 0.449 e. The Kier molecular flexibility index (Phi) is 10.0. The van der Waals surface area contributed by atoms with E-state index in [1.807, 2.05) is 42.5 Å². The predicted octanol–water partition coefficient (Wildman–Crippen LogP) is 9.10. The predicted molar refractivity (Wildman–Crippen MR) is 207 cm³/mol. The quantitative estimate of drug-likeness (QED) is 0.161. The molecule has 2 aliphatic carbocycles. The van der Waals surface area contributed by atoms with Crippen LogP contribution in [0.2, 0.25) is 0 Å². The molecule has 4 aromatic carbocycles. The highest BCUT2D eigenvalue weighted by Crippen LogP contribution is 2.44. The molecule has 7 nitrogen and oxygen atoms in total. The lowest BCUT2D eigenvalue weighted by Crippen LogP contribution is -2.45. The maximum Gasteiger partial charge on any atom is 0.407 e. The van der Waals surface area contributed by atoms with E-state index in [1.54, 1.807) is 0 Å². The zero-order valence-corrected chi connectivity index (χ0v) is 30.0. The zero-order chi connectivity index (χ0) is 35.4. The molecule has 2 fully saturated rings. The molecule has 1 atom stereocenters. The van der Waals surface area contributed by atoms with Crippen LogP contribution in [0.25, 0.3) is 33.3 Å². The van der Waals surface area contributed by atoms with Gasteiger partial charge in [0.15, 0.2) is 0 Å². The molecule has 2 amide bonds. The zero-order valence-electron chi connectivity index (χ0n) is 30.0. The lowest BCUT2D eigenvalue weighted by atomic mass is 9.84. The van der Waals surface area contributed by atoms with Gasteiger partial charge in [0.1, 0.15) is 6.61 Å². The minimum atomic E-state index is -0.364. The topological polar surface area (TPSA) is 83.6 Å². The average Bonchev–Trinajstić information content (AvgIpc) is 3.51. The van der Waals surface area contributed by atoms with Crippen molar-refractivity contribution in [1.29, 1.82) is 0 Å². The molecule has 8 rings (SSSR count). The number of hydrogen-bond donors (Lipinski definition) is 2. The Hall–Kier alpha value is -5.01. The molecule has 1 aromatic heterocycles. The Balaban J connectivity index is 0.970. The summed E-state index contributed by atoms with van der Waals surface area (Å²) in [7, 11) is 0. The van der Waals surface area contributed by atoms with Gasteiger partial charge < -0.3 is 15.4 Å². The summed E-state index contributed by atoms with van der Waals surface area (Å²) in [5.74, 6) is 0.521. The fraction of sp³-hybridized carbons (Fsp3) is 0.356. The summed E-state index contributed by atoms with van der Waals surface area (Å²) in [4.78, 5) is 35.1. The number of carbonyl (C=O) groups is 2. The number of ether oxygens (including phenoxy) is 1. The summed E-state index contributed by atoms with van der Waals surface area (Å²) in [6, 6.07) is 35.2. The number of benzene rings is 4. The molecular weight excluding hydrogens is 645 g/mol. The van der Waals surface area contributed by atoms with E-state index in [4.69, 9.17) is 9.72 Å². The maximum absolute atomic E-state index is 14.4. The third kappa shape index (κ3) is 7.07. The normalized spacial score (nSPS) is 17.3. The van der Waals surface area contributed by atoms with Gasteiger partial charge in [-0.1, -0.05) is 116 Å². The number of fused-ring (bicyclic) bond motifs is 4. The first-order valence-corrected chi connectivity index (χ1v) is 19.1. The van der Waals surface area contributed by atoms with Gasteiger partial charge in [0, 0.05) is 54.1 Å². The van der Waals surface area contributed by atoms with E-state index in [1.165, 1.54) is 54.4 Å². The van der Waals surface area contributed by atoms with Crippen LogP contribution >= 0.6 is 0 Å².